The second kappa shape index (κ2) is 5.92. The van der Waals surface area contributed by atoms with Crippen LogP contribution in [0, 0.1) is 0 Å². The van der Waals surface area contributed by atoms with Crippen LogP contribution in [0.1, 0.15) is 16.1 Å². The maximum absolute atomic E-state index is 12.1. The van der Waals surface area contributed by atoms with Gasteiger partial charge < -0.3 is 9.73 Å². The zero-order valence-corrected chi connectivity index (χ0v) is 13.2. The van der Waals surface area contributed by atoms with Crippen LogP contribution in [0.15, 0.2) is 57.4 Å². The Hall–Kier alpha value is -1.78. The van der Waals surface area contributed by atoms with Crippen molar-refractivity contribution in [2.75, 3.05) is 0 Å². The van der Waals surface area contributed by atoms with Crippen molar-refractivity contribution in [3.63, 3.8) is 0 Å². The lowest BCUT2D eigenvalue weighted by atomic mass is 10.2. The molecule has 3 nitrogen and oxygen atoms in total. The number of halogens is 2. The van der Waals surface area contributed by atoms with E-state index in [0.29, 0.717) is 22.9 Å². The summed E-state index contributed by atoms with van der Waals surface area (Å²) < 4.78 is 6.46. The first-order valence-corrected chi connectivity index (χ1v) is 7.51. The monoisotopic (exact) mass is 363 g/mol. The zero-order chi connectivity index (χ0) is 14.8. The van der Waals surface area contributed by atoms with Crippen molar-refractivity contribution in [2.24, 2.45) is 0 Å². The van der Waals surface area contributed by atoms with Crippen molar-refractivity contribution < 1.29 is 9.21 Å². The Morgan fingerprint density at radius 3 is 2.67 bits per heavy atom. The summed E-state index contributed by atoms with van der Waals surface area (Å²) in [5.41, 5.74) is 1.66. The van der Waals surface area contributed by atoms with Gasteiger partial charge in [0.2, 0.25) is 0 Å². The summed E-state index contributed by atoms with van der Waals surface area (Å²) in [5.74, 6) is 0.0545. The van der Waals surface area contributed by atoms with E-state index in [1.54, 1.807) is 18.2 Å². The van der Waals surface area contributed by atoms with Gasteiger partial charge in [-0.1, -0.05) is 45.7 Å². The summed E-state index contributed by atoms with van der Waals surface area (Å²) in [5, 5.41) is 4.38. The molecule has 3 aromatic rings. The highest BCUT2D eigenvalue weighted by molar-refractivity contribution is 9.10. The Morgan fingerprint density at radius 2 is 1.95 bits per heavy atom. The van der Waals surface area contributed by atoms with Crippen LogP contribution in [-0.4, -0.2) is 5.91 Å². The van der Waals surface area contributed by atoms with Crippen LogP contribution in [0.4, 0.5) is 0 Å². The molecule has 1 heterocycles. The SMILES string of the molecule is O=C(NCc1ccc(Cl)cc1)c1cc2c(Br)cccc2o1. The quantitative estimate of drug-likeness (QED) is 0.727. The van der Waals surface area contributed by atoms with E-state index in [1.165, 1.54) is 0 Å². The third kappa shape index (κ3) is 3.12. The Morgan fingerprint density at radius 1 is 1.19 bits per heavy atom. The molecule has 0 fully saturated rings. The third-order valence-electron chi connectivity index (χ3n) is 3.10. The fourth-order valence-corrected chi connectivity index (χ4v) is 2.60. The van der Waals surface area contributed by atoms with E-state index >= 15 is 0 Å². The first-order chi connectivity index (χ1) is 10.1. The molecule has 3 rings (SSSR count). The van der Waals surface area contributed by atoms with Crippen molar-refractivity contribution in [1.82, 2.24) is 5.32 Å². The molecule has 0 aliphatic heterocycles. The van der Waals surface area contributed by atoms with Crippen LogP contribution in [0.5, 0.6) is 0 Å². The summed E-state index contributed by atoms with van der Waals surface area (Å²) >= 11 is 9.26. The van der Waals surface area contributed by atoms with E-state index in [1.807, 2.05) is 30.3 Å². The second-order valence-electron chi connectivity index (χ2n) is 4.57. The first kappa shape index (κ1) is 14.2. The van der Waals surface area contributed by atoms with E-state index in [9.17, 15) is 4.79 Å². The number of fused-ring (bicyclic) bond motifs is 1. The molecule has 5 heteroatoms. The lowest BCUT2D eigenvalue weighted by Crippen LogP contribution is -2.22. The maximum atomic E-state index is 12.1. The summed E-state index contributed by atoms with van der Waals surface area (Å²) in [6.07, 6.45) is 0. The minimum absolute atomic E-state index is 0.243. The van der Waals surface area contributed by atoms with Crippen LogP contribution in [-0.2, 0) is 6.54 Å². The molecule has 0 saturated carbocycles. The zero-order valence-electron chi connectivity index (χ0n) is 10.9. The minimum atomic E-state index is -0.243. The molecule has 2 aromatic carbocycles. The Bertz CT molecular complexity index is 796. The molecular weight excluding hydrogens is 354 g/mol. The van der Waals surface area contributed by atoms with Gasteiger partial charge >= 0.3 is 0 Å². The molecule has 0 aliphatic carbocycles. The topological polar surface area (TPSA) is 42.2 Å². The number of nitrogens with one attached hydrogen (secondary N) is 1. The molecular formula is C16H11BrClNO2. The molecule has 0 atom stereocenters. The van der Waals surface area contributed by atoms with E-state index < -0.39 is 0 Å². The number of carbonyl (C=O) groups excluding carboxylic acids is 1. The second-order valence-corrected chi connectivity index (χ2v) is 5.86. The van der Waals surface area contributed by atoms with E-state index in [-0.39, 0.29) is 5.91 Å². The number of hydrogen-bond acceptors (Lipinski definition) is 2. The average Bonchev–Trinajstić information content (AvgIpc) is 2.92. The number of carbonyl (C=O) groups is 1. The molecule has 0 saturated heterocycles. The van der Waals surface area contributed by atoms with Crippen LogP contribution in [0.3, 0.4) is 0 Å². The molecule has 106 valence electrons. The van der Waals surface area contributed by atoms with Gasteiger partial charge in [-0.3, -0.25) is 4.79 Å². The van der Waals surface area contributed by atoms with Crippen LogP contribution in [0.25, 0.3) is 11.0 Å². The van der Waals surface area contributed by atoms with Crippen LogP contribution < -0.4 is 5.32 Å². The fourth-order valence-electron chi connectivity index (χ4n) is 2.01. The summed E-state index contributed by atoms with van der Waals surface area (Å²) in [4.78, 5) is 12.1. The van der Waals surface area contributed by atoms with Crippen molar-refractivity contribution in [3.8, 4) is 0 Å². The number of furan rings is 1. The minimum Gasteiger partial charge on any atom is -0.451 e. The highest BCUT2D eigenvalue weighted by atomic mass is 79.9. The molecule has 0 aliphatic rings. The van der Waals surface area contributed by atoms with Gasteiger partial charge in [0, 0.05) is 21.4 Å². The summed E-state index contributed by atoms with van der Waals surface area (Å²) in [7, 11) is 0. The smallest absolute Gasteiger partial charge is 0.287 e. The summed E-state index contributed by atoms with van der Waals surface area (Å²) in [6, 6.07) is 14.7. The number of amides is 1. The van der Waals surface area contributed by atoms with E-state index in [2.05, 4.69) is 21.2 Å². The summed E-state index contributed by atoms with van der Waals surface area (Å²) in [6.45, 7) is 0.425. The molecule has 1 amide bonds. The maximum Gasteiger partial charge on any atom is 0.287 e. The molecule has 1 N–H and O–H groups in total. The van der Waals surface area contributed by atoms with Crippen LogP contribution >= 0.6 is 27.5 Å². The van der Waals surface area contributed by atoms with Gasteiger partial charge in [-0.15, -0.1) is 0 Å². The highest BCUT2D eigenvalue weighted by Gasteiger charge is 2.13. The number of hydrogen-bond donors (Lipinski definition) is 1. The number of benzene rings is 2. The lowest BCUT2D eigenvalue weighted by Gasteiger charge is -2.03. The highest BCUT2D eigenvalue weighted by Crippen LogP contribution is 2.26. The van der Waals surface area contributed by atoms with Gasteiger partial charge in [0.25, 0.3) is 5.91 Å². The Labute approximate surface area is 135 Å². The van der Waals surface area contributed by atoms with Gasteiger partial charge in [-0.05, 0) is 35.9 Å². The molecule has 1 aromatic heterocycles. The Kier molecular flexibility index (Phi) is 3.99. The molecule has 0 spiro atoms. The van der Waals surface area contributed by atoms with Crippen molar-refractivity contribution in [1.29, 1.82) is 0 Å². The van der Waals surface area contributed by atoms with Gasteiger partial charge in [0.05, 0.1) is 0 Å². The fraction of sp³-hybridized carbons (Fsp3) is 0.0625. The van der Waals surface area contributed by atoms with E-state index in [4.69, 9.17) is 16.0 Å². The normalized spacial score (nSPS) is 10.8. The molecule has 21 heavy (non-hydrogen) atoms. The lowest BCUT2D eigenvalue weighted by molar-refractivity contribution is 0.0925. The van der Waals surface area contributed by atoms with Crippen molar-refractivity contribution in [2.45, 2.75) is 6.54 Å². The van der Waals surface area contributed by atoms with Gasteiger partial charge in [-0.25, -0.2) is 0 Å². The first-order valence-electron chi connectivity index (χ1n) is 6.34. The molecule has 0 radical (unpaired) electrons. The average molecular weight is 365 g/mol. The van der Waals surface area contributed by atoms with Crippen LogP contribution in [0.2, 0.25) is 5.02 Å². The standard InChI is InChI=1S/C16H11BrClNO2/c17-13-2-1-3-14-12(13)8-15(21-14)16(20)19-9-10-4-6-11(18)7-5-10/h1-8H,9H2,(H,19,20). The van der Waals surface area contributed by atoms with Crippen molar-refractivity contribution >= 4 is 44.4 Å². The van der Waals surface area contributed by atoms with E-state index in [0.717, 1.165) is 15.4 Å². The van der Waals surface area contributed by atoms with Gasteiger partial charge in [0.1, 0.15) is 5.58 Å². The largest absolute Gasteiger partial charge is 0.451 e. The van der Waals surface area contributed by atoms with Crippen molar-refractivity contribution in [3.05, 3.63) is 69.3 Å². The van der Waals surface area contributed by atoms with Gasteiger partial charge in [0.15, 0.2) is 5.76 Å². The molecule has 0 unspecified atom stereocenters. The predicted octanol–water partition coefficient (Wildman–Crippen LogP) is 4.78. The van der Waals surface area contributed by atoms with Gasteiger partial charge in [-0.2, -0.15) is 0 Å². The number of rotatable bonds is 3. The third-order valence-corrected chi connectivity index (χ3v) is 4.04. The Balaban J connectivity index is 1.75. The predicted molar refractivity (Wildman–Crippen MR) is 86.5 cm³/mol. The molecule has 0 bridgehead atoms.